The number of fused-ring (bicyclic) bond motifs is 2. The molecule has 192 valence electrons. The number of aromatic nitrogens is 3. The lowest BCUT2D eigenvalue weighted by molar-refractivity contribution is -0.143. The van der Waals surface area contributed by atoms with Crippen molar-refractivity contribution >= 4 is 34.0 Å². The summed E-state index contributed by atoms with van der Waals surface area (Å²) in [6, 6.07) is 18.5. The van der Waals surface area contributed by atoms with Gasteiger partial charge in [0.1, 0.15) is 6.54 Å². The number of esters is 1. The molecule has 0 aliphatic heterocycles. The summed E-state index contributed by atoms with van der Waals surface area (Å²) in [7, 11) is 0. The molecule has 2 aromatic heterocycles. The maximum absolute atomic E-state index is 13.4. The molecule has 0 bridgehead atoms. The van der Waals surface area contributed by atoms with Gasteiger partial charge in [0.05, 0.1) is 29.3 Å². The van der Waals surface area contributed by atoms with Gasteiger partial charge in [-0.1, -0.05) is 42.5 Å². The molecule has 0 aliphatic rings. The van der Waals surface area contributed by atoms with Crippen molar-refractivity contribution in [1.29, 1.82) is 0 Å². The lowest BCUT2D eigenvalue weighted by Gasteiger charge is -2.12. The highest BCUT2D eigenvalue weighted by Gasteiger charge is 2.31. The van der Waals surface area contributed by atoms with Crippen LogP contribution in [-0.4, -0.2) is 33.0 Å². The summed E-state index contributed by atoms with van der Waals surface area (Å²) in [4.78, 5) is 30.0. The van der Waals surface area contributed by atoms with Crippen LogP contribution in [-0.2, 0) is 22.3 Å². The fourth-order valence-electron chi connectivity index (χ4n) is 4.23. The summed E-state index contributed by atoms with van der Waals surface area (Å²) in [5, 5.41) is 5.41. The second-order valence-corrected chi connectivity index (χ2v) is 8.43. The minimum atomic E-state index is -4.57. The molecule has 38 heavy (non-hydrogen) atoms. The Kier molecular flexibility index (Phi) is 6.54. The highest BCUT2D eigenvalue weighted by Crippen LogP contribution is 2.32. The zero-order chi connectivity index (χ0) is 26.9. The van der Waals surface area contributed by atoms with Gasteiger partial charge in [-0.15, -0.1) is 0 Å². The van der Waals surface area contributed by atoms with E-state index in [1.807, 2.05) is 24.3 Å². The van der Waals surface area contributed by atoms with Crippen LogP contribution < -0.4 is 5.56 Å². The average molecular weight is 518 g/mol. The van der Waals surface area contributed by atoms with E-state index in [4.69, 9.17) is 4.74 Å². The molecule has 2 heterocycles. The molecule has 3 aromatic carbocycles. The molecule has 5 rings (SSSR count). The van der Waals surface area contributed by atoms with Gasteiger partial charge in [-0.2, -0.15) is 22.9 Å². The lowest BCUT2D eigenvalue weighted by atomic mass is 10.1. The summed E-state index contributed by atoms with van der Waals surface area (Å²) >= 11 is 0. The second-order valence-electron chi connectivity index (χ2n) is 8.43. The van der Waals surface area contributed by atoms with E-state index in [9.17, 15) is 22.8 Å². The number of alkyl halides is 3. The quantitative estimate of drug-likeness (QED) is 0.220. The SMILES string of the molecule is CCOC(=O)Cn1cc(C=Nn2c(-c3cccc(C(F)(F)F)c3)nc3ccccc3c2=O)c2ccccc21. The highest BCUT2D eigenvalue weighted by molar-refractivity contribution is 6.00. The molecule has 0 saturated carbocycles. The van der Waals surface area contributed by atoms with Gasteiger partial charge in [0.25, 0.3) is 5.56 Å². The molecular weight excluding hydrogens is 497 g/mol. The summed E-state index contributed by atoms with van der Waals surface area (Å²) < 4.78 is 48.0. The van der Waals surface area contributed by atoms with Gasteiger partial charge < -0.3 is 9.30 Å². The van der Waals surface area contributed by atoms with Crippen LogP contribution in [0.2, 0.25) is 0 Å². The minimum Gasteiger partial charge on any atom is -0.465 e. The Labute approximate surface area is 214 Å². The van der Waals surface area contributed by atoms with E-state index in [-0.39, 0.29) is 29.9 Å². The normalized spacial score (nSPS) is 12.0. The Bertz CT molecular complexity index is 1750. The topological polar surface area (TPSA) is 78.5 Å². The Morgan fingerprint density at radius 3 is 2.53 bits per heavy atom. The van der Waals surface area contributed by atoms with Gasteiger partial charge in [0.2, 0.25) is 0 Å². The van der Waals surface area contributed by atoms with Crippen LogP contribution in [0.4, 0.5) is 13.2 Å². The number of rotatable bonds is 6. The maximum atomic E-state index is 13.4. The van der Waals surface area contributed by atoms with Crippen LogP contribution >= 0.6 is 0 Å². The summed E-state index contributed by atoms with van der Waals surface area (Å²) in [6.07, 6.45) is -1.44. The fourth-order valence-corrected chi connectivity index (χ4v) is 4.23. The molecule has 0 N–H and O–H groups in total. The van der Waals surface area contributed by atoms with Crippen LogP contribution in [0.1, 0.15) is 18.1 Å². The molecule has 0 radical (unpaired) electrons. The average Bonchev–Trinajstić information content (AvgIpc) is 3.25. The Balaban J connectivity index is 1.67. The number of nitrogens with zero attached hydrogens (tertiary/aromatic N) is 4. The highest BCUT2D eigenvalue weighted by atomic mass is 19.4. The zero-order valence-corrected chi connectivity index (χ0v) is 20.1. The van der Waals surface area contributed by atoms with Crippen LogP contribution in [0.15, 0.2) is 88.9 Å². The molecule has 0 spiro atoms. The molecule has 0 aliphatic carbocycles. The molecule has 5 aromatic rings. The summed E-state index contributed by atoms with van der Waals surface area (Å²) in [5.74, 6) is -0.440. The van der Waals surface area contributed by atoms with E-state index < -0.39 is 23.3 Å². The monoisotopic (exact) mass is 518 g/mol. The Hall–Kier alpha value is -4.73. The molecule has 0 atom stereocenters. The van der Waals surface area contributed by atoms with Gasteiger partial charge in [0, 0.05) is 28.2 Å². The van der Waals surface area contributed by atoms with Gasteiger partial charge in [-0.3, -0.25) is 9.59 Å². The van der Waals surface area contributed by atoms with Crippen molar-refractivity contribution in [2.24, 2.45) is 5.10 Å². The summed E-state index contributed by atoms with van der Waals surface area (Å²) in [5.41, 5.74) is 0.375. The smallest absolute Gasteiger partial charge is 0.416 e. The van der Waals surface area contributed by atoms with Crippen LogP contribution in [0.25, 0.3) is 33.2 Å². The number of hydrogen-bond donors (Lipinski definition) is 0. The van der Waals surface area contributed by atoms with Crippen molar-refractivity contribution in [1.82, 2.24) is 14.2 Å². The van der Waals surface area contributed by atoms with Crippen molar-refractivity contribution in [3.8, 4) is 11.4 Å². The van der Waals surface area contributed by atoms with Crippen molar-refractivity contribution in [3.05, 3.63) is 100 Å². The standard InChI is InChI=1S/C28H21F3N4O3/c1-2-38-25(36)17-34-16-19(21-10-4-6-13-24(21)34)15-32-35-26(18-8-7-9-20(14-18)28(29,30)31)33-23-12-5-3-11-22(23)27(35)37/h3-16H,2,17H2,1H3. The predicted octanol–water partition coefficient (Wildman–Crippen LogP) is 5.48. The number of halogens is 3. The number of para-hydroxylation sites is 2. The first kappa shape index (κ1) is 24.9. The van der Waals surface area contributed by atoms with Crippen LogP contribution in [0, 0.1) is 0 Å². The molecule has 0 saturated heterocycles. The Morgan fingerprint density at radius 2 is 1.76 bits per heavy atom. The third-order valence-corrected chi connectivity index (χ3v) is 5.94. The first-order valence-corrected chi connectivity index (χ1v) is 11.7. The van der Waals surface area contributed by atoms with E-state index in [1.165, 1.54) is 18.3 Å². The summed E-state index contributed by atoms with van der Waals surface area (Å²) in [6.45, 7) is 1.96. The number of hydrogen-bond acceptors (Lipinski definition) is 5. The number of ether oxygens (including phenoxy) is 1. The Morgan fingerprint density at radius 1 is 1.03 bits per heavy atom. The van der Waals surface area contributed by atoms with E-state index in [1.54, 1.807) is 42.0 Å². The molecule has 0 unspecified atom stereocenters. The van der Waals surface area contributed by atoms with Crippen LogP contribution in [0.3, 0.4) is 0 Å². The molecule has 7 nitrogen and oxygen atoms in total. The zero-order valence-electron chi connectivity index (χ0n) is 20.1. The van der Waals surface area contributed by atoms with E-state index in [2.05, 4.69) is 10.1 Å². The number of benzene rings is 3. The molecule has 0 fully saturated rings. The number of carbonyl (C=O) groups is 1. The third-order valence-electron chi connectivity index (χ3n) is 5.94. The van der Waals surface area contributed by atoms with Gasteiger partial charge in [0.15, 0.2) is 5.82 Å². The second kappa shape index (κ2) is 9.97. The fraction of sp³-hybridized carbons (Fsp3) is 0.143. The third kappa shape index (κ3) is 4.80. The van der Waals surface area contributed by atoms with Crippen molar-refractivity contribution < 1.29 is 22.7 Å². The molecular formula is C28H21F3N4O3. The molecule has 10 heteroatoms. The first-order chi connectivity index (χ1) is 18.3. The first-order valence-electron chi connectivity index (χ1n) is 11.7. The van der Waals surface area contributed by atoms with Crippen molar-refractivity contribution in [3.63, 3.8) is 0 Å². The lowest BCUT2D eigenvalue weighted by Crippen LogP contribution is -2.20. The van der Waals surface area contributed by atoms with Crippen LogP contribution in [0.5, 0.6) is 0 Å². The van der Waals surface area contributed by atoms with Crippen molar-refractivity contribution in [2.75, 3.05) is 6.61 Å². The largest absolute Gasteiger partial charge is 0.465 e. The molecule has 0 amide bonds. The number of carbonyl (C=O) groups excluding carboxylic acids is 1. The van der Waals surface area contributed by atoms with Gasteiger partial charge >= 0.3 is 12.1 Å². The predicted molar refractivity (Wildman–Crippen MR) is 138 cm³/mol. The van der Waals surface area contributed by atoms with E-state index >= 15 is 0 Å². The van der Waals surface area contributed by atoms with E-state index in [0.717, 1.165) is 27.7 Å². The minimum absolute atomic E-state index is 0.0187. The maximum Gasteiger partial charge on any atom is 0.416 e. The van der Waals surface area contributed by atoms with E-state index in [0.29, 0.717) is 11.1 Å². The van der Waals surface area contributed by atoms with Gasteiger partial charge in [-0.25, -0.2) is 4.98 Å². The van der Waals surface area contributed by atoms with Gasteiger partial charge in [-0.05, 0) is 37.3 Å². The van der Waals surface area contributed by atoms with Crippen molar-refractivity contribution in [2.45, 2.75) is 19.6 Å².